The van der Waals surface area contributed by atoms with E-state index in [-0.39, 0.29) is 5.82 Å². The van der Waals surface area contributed by atoms with E-state index in [1.165, 1.54) is 6.07 Å². The third kappa shape index (κ3) is 3.28. The molecule has 0 aliphatic carbocycles. The normalized spacial score (nSPS) is 19.9. The van der Waals surface area contributed by atoms with Crippen LogP contribution in [0, 0.1) is 5.82 Å². The van der Waals surface area contributed by atoms with Crippen molar-refractivity contribution in [2.75, 3.05) is 26.7 Å². The fourth-order valence-corrected chi connectivity index (χ4v) is 2.50. The lowest BCUT2D eigenvalue weighted by atomic mass is 9.91. The quantitative estimate of drug-likeness (QED) is 0.849. The van der Waals surface area contributed by atoms with Gasteiger partial charge in [-0.05, 0) is 26.0 Å². The number of rotatable bonds is 4. The zero-order chi connectivity index (χ0) is 13.0. The SMILES string of the molecule is CNCC1(O)CCN(Cc2ccccc2F)CC1. The first-order chi connectivity index (χ1) is 8.63. The summed E-state index contributed by atoms with van der Waals surface area (Å²) in [5.74, 6) is -0.145. The number of likely N-dealkylation sites (N-methyl/N-ethyl adjacent to an activating group) is 1. The van der Waals surface area contributed by atoms with Crippen LogP contribution in [-0.4, -0.2) is 42.3 Å². The molecule has 0 atom stereocenters. The molecule has 100 valence electrons. The molecule has 1 aromatic rings. The second-order valence-corrected chi connectivity index (χ2v) is 5.12. The average molecular weight is 252 g/mol. The van der Waals surface area contributed by atoms with Gasteiger partial charge in [-0.25, -0.2) is 4.39 Å². The predicted molar refractivity (Wildman–Crippen MR) is 69.8 cm³/mol. The number of nitrogens with zero attached hydrogens (tertiary/aromatic N) is 1. The zero-order valence-corrected chi connectivity index (χ0v) is 10.8. The van der Waals surface area contributed by atoms with Crippen LogP contribution in [0.15, 0.2) is 24.3 Å². The summed E-state index contributed by atoms with van der Waals surface area (Å²) >= 11 is 0. The second-order valence-electron chi connectivity index (χ2n) is 5.12. The summed E-state index contributed by atoms with van der Waals surface area (Å²) in [6.07, 6.45) is 1.48. The van der Waals surface area contributed by atoms with Crippen LogP contribution in [0.3, 0.4) is 0 Å². The Bertz CT molecular complexity index is 389. The van der Waals surface area contributed by atoms with Crippen molar-refractivity contribution in [3.63, 3.8) is 0 Å². The Balaban J connectivity index is 1.89. The standard InChI is InChI=1S/C14H21FN2O/c1-16-11-14(18)6-8-17(9-7-14)10-12-4-2-3-5-13(12)15/h2-5,16,18H,6-11H2,1H3. The molecule has 0 saturated carbocycles. The lowest BCUT2D eigenvalue weighted by molar-refractivity contribution is -0.0205. The van der Waals surface area contributed by atoms with Crippen LogP contribution in [-0.2, 0) is 6.54 Å². The molecule has 0 aromatic heterocycles. The number of hydrogen-bond acceptors (Lipinski definition) is 3. The molecule has 1 fully saturated rings. The summed E-state index contributed by atoms with van der Waals surface area (Å²) in [5, 5.41) is 13.3. The highest BCUT2D eigenvalue weighted by atomic mass is 19.1. The molecule has 0 bridgehead atoms. The summed E-state index contributed by atoms with van der Waals surface area (Å²) < 4.78 is 13.5. The fourth-order valence-electron chi connectivity index (χ4n) is 2.50. The minimum Gasteiger partial charge on any atom is -0.388 e. The average Bonchev–Trinajstić information content (AvgIpc) is 2.35. The molecule has 1 saturated heterocycles. The first kappa shape index (κ1) is 13.5. The molecular weight excluding hydrogens is 231 g/mol. The van der Waals surface area contributed by atoms with E-state index in [0.29, 0.717) is 13.1 Å². The van der Waals surface area contributed by atoms with Crippen molar-refractivity contribution in [2.45, 2.75) is 25.0 Å². The second kappa shape index (κ2) is 5.78. The van der Waals surface area contributed by atoms with Crippen molar-refractivity contribution < 1.29 is 9.50 Å². The van der Waals surface area contributed by atoms with E-state index in [2.05, 4.69) is 10.2 Å². The molecular formula is C14H21FN2O. The lowest BCUT2D eigenvalue weighted by Gasteiger charge is -2.38. The molecule has 0 radical (unpaired) electrons. The van der Waals surface area contributed by atoms with Gasteiger partial charge in [-0.1, -0.05) is 18.2 Å². The summed E-state index contributed by atoms with van der Waals surface area (Å²) in [4.78, 5) is 2.20. The van der Waals surface area contributed by atoms with Gasteiger partial charge in [0.2, 0.25) is 0 Å². The van der Waals surface area contributed by atoms with Gasteiger partial charge in [-0.2, -0.15) is 0 Å². The number of likely N-dealkylation sites (tertiary alicyclic amines) is 1. The number of hydrogen-bond donors (Lipinski definition) is 2. The maximum atomic E-state index is 13.5. The van der Waals surface area contributed by atoms with Crippen LogP contribution >= 0.6 is 0 Å². The topological polar surface area (TPSA) is 35.5 Å². The Morgan fingerprint density at radius 1 is 1.33 bits per heavy atom. The fraction of sp³-hybridized carbons (Fsp3) is 0.571. The van der Waals surface area contributed by atoms with E-state index in [0.717, 1.165) is 31.5 Å². The number of nitrogens with one attached hydrogen (secondary N) is 1. The number of halogens is 1. The zero-order valence-electron chi connectivity index (χ0n) is 10.8. The van der Waals surface area contributed by atoms with Crippen LogP contribution in [0.25, 0.3) is 0 Å². The van der Waals surface area contributed by atoms with Crippen LogP contribution < -0.4 is 5.32 Å². The van der Waals surface area contributed by atoms with Gasteiger partial charge in [-0.15, -0.1) is 0 Å². The van der Waals surface area contributed by atoms with Crippen molar-refractivity contribution >= 4 is 0 Å². The van der Waals surface area contributed by atoms with E-state index < -0.39 is 5.60 Å². The van der Waals surface area contributed by atoms with Gasteiger partial charge in [0.15, 0.2) is 0 Å². The summed E-state index contributed by atoms with van der Waals surface area (Å²) in [6, 6.07) is 6.89. The predicted octanol–water partition coefficient (Wildman–Crippen LogP) is 1.37. The molecule has 1 aliphatic rings. The maximum absolute atomic E-state index is 13.5. The largest absolute Gasteiger partial charge is 0.388 e. The summed E-state index contributed by atoms with van der Waals surface area (Å²) in [5.41, 5.74) is 0.136. The highest BCUT2D eigenvalue weighted by Gasteiger charge is 2.31. The molecule has 0 spiro atoms. The van der Waals surface area contributed by atoms with Crippen LogP contribution in [0.2, 0.25) is 0 Å². The third-order valence-corrected chi connectivity index (χ3v) is 3.64. The highest BCUT2D eigenvalue weighted by Crippen LogP contribution is 2.23. The monoisotopic (exact) mass is 252 g/mol. The molecule has 2 N–H and O–H groups in total. The van der Waals surface area contributed by atoms with Crippen molar-refractivity contribution in [3.8, 4) is 0 Å². The highest BCUT2D eigenvalue weighted by molar-refractivity contribution is 5.17. The van der Waals surface area contributed by atoms with Gasteiger partial charge in [0.1, 0.15) is 5.82 Å². The maximum Gasteiger partial charge on any atom is 0.127 e. The van der Waals surface area contributed by atoms with Crippen molar-refractivity contribution in [3.05, 3.63) is 35.6 Å². The molecule has 2 rings (SSSR count). The first-order valence-electron chi connectivity index (χ1n) is 6.46. The summed E-state index contributed by atoms with van der Waals surface area (Å²) in [7, 11) is 1.85. The van der Waals surface area contributed by atoms with Crippen molar-refractivity contribution in [2.24, 2.45) is 0 Å². The third-order valence-electron chi connectivity index (χ3n) is 3.64. The molecule has 1 aliphatic heterocycles. The smallest absolute Gasteiger partial charge is 0.127 e. The molecule has 1 heterocycles. The molecule has 0 unspecified atom stereocenters. The minimum atomic E-state index is -0.597. The van der Waals surface area contributed by atoms with Crippen molar-refractivity contribution in [1.82, 2.24) is 10.2 Å². The van der Waals surface area contributed by atoms with Gasteiger partial charge in [0, 0.05) is 31.7 Å². The van der Waals surface area contributed by atoms with E-state index in [1.807, 2.05) is 19.2 Å². The van der Waals surface area contributed by atoms with E-state index >= 15 is 0 Å². The molecule has 18 heavy (non-hydrogen) atoms. The number of piperidine rings is 1. The minimum absolute atomic E-state index is 0.145. The van der Waals surface area contributed by atoms with E-state index in [9.17, 15) is 9.50 Å². The van der Waals surface area contributed by atoms with Gasteiger partial charge in [0.25, 0.3) is 0 Å². The molecule has 3 nitrogen and oxygen atoms in total. The van der Waals surface area contributed by atoms with Gasteiger partial charge >= 0.3 is 0 Å². The Hall–Kier alpha value is -0.970. The van der Waals surface area contributed by atoms with Crippen molar-refractivity contribution in [1.29, 1.82) is 0 Å². The Kier molecular flexibility index (Phi) is 4.32. The Morgan fingerprint density at radius 2 is 2.00 bits per heavy atom. The lowest BCUT2D eigenvalue weighted by Crippen LogP contribution is -2.49. The van der Waals surface area contributed by atoms with E-state index in [1.54, 1.807) is 6.07 Å². The Labute approximate surface area is 108 Å². The van der Waals surface area contributed by atoms with Crippen LogP contribution in [0.4, 0.5) is 4.39 Å². The van der Waals surface area contributed by atoms with E-state index in [4.69, 9.17) is 0 Å². The van der Waals surface area contributed by atoms with Gasteiger partial charge in [-0.3, -0.25) is 4.90 Å². The number of aliphatic hydroxyl groups is 1. The molecule has 1 aromatic carbocycles. The molecule has 0 amide bonds. The van der Waals surface area contributed by atoms with Crippen LogP contribution in [0.5, 0.6) is 0 Å². The van der Waals surface area contributed by atoms with Gasteiger partial charge in [0.05, 0.1) is 5.60 Å². The molecule has 4 heteroatoms. The van der Waals surface area contributed by atoms with Gasteiger partial charge < -0.3 is 10.4 Å². The summed E-state index contributed by atoms with van der Waals surface area (Å²) in [6.45, 7) is 2.88. The van der Waals surface area contributed by atoms with Crippen LogP contribution in [0.1, 0.15) is 18.4 Å². The first-order valence-corrected chi connectivity index (χ1v) is 6.46. The Morgan fingerprint density at radius 3 is 2.61 bits per heavy atom. The number of benzene rings is 1.